The molecule has 0 saturated carbocycles. The van der Waals surface area contributed by atoms with Crippen LogP contribution in [0.4, 0.5) is 5.69 Å². The summed E-state index contributed by atoms with van der Waals surface area (Å²) in [6, 6.07) is 15.7. The zero-order valence-electron chi connectivity index (χ0n) is 22.2. The van der Waals surface area contributed by atoms with Crippen LogP contribution >= 0.6 is 0 Å². The lowest BCUT2D eigenvalue weighted by atomic mass is 9.85. The first-order chi connectivity index (χ1) is 16.3. The number of piperidine rings is 1. The summed E-state index contributed by atoms with van der Waals surface area (Å²) in [6.45, 7) is 17.8. The van der Waals surface area contributed by atoms with Crippen molar-refractivity contribution in [1.29, 1.82) is 5.26 Å². The van der Waals surface area contributed by atoms with Crippen molar-refractivity contribution in [1.82, 2.24) is 10.2 Å². The van der Waals surface area contributed by atoms with Gasteiger partial charge in [-0.3, -0.25) is 0 Å². The van der Waals surface area contributed by atoms with Gasteiger partial charge in [-0.25, -0.2) is 0 Å². The van der Waals surface area contributed by atoms with Crippen LogP contribution in [-0.4, -0.2) is 51.2 Å². The zero-order valence-corrected chi connectivity index (χ0v) is 22.2. The SMILES string of the molecule is CC(C)c1ccc(C2CCN(C)CC2)c(C#N)c1.Cc1cc(C(C)C)ccc1N1CCNCC1. The van der Waals surface area contributed by atoms with Crippen LogP contribution in [0.5, 0.6) is 0 Å². The summed E-state index contributed by atoms with van der Waals surface area (Å²) in [5.74, 6) is 1.68. The normalized spacial score (nSPS) is 17.4. The first-order valence-corrected chi connectivity index (χ1v) is 13.1. The zero-order chi connectivity index (χ0) is 24.7. The molecule has 0 unspecified atom stereocenters. The lowest BCUT2D eigenvalue weighted by molar-refractivity contribution is 0.255. The maximum absolute atomic E-state index is 9.35. The van der Waals surface area contributed by atoms with Gasteiger partial charge in [-0.15, -0.1) is 0 Å². The highest BCUT2D eigenvalue weighted by atomic mass is 15.2. The summed E-state index contributed by atoms with van der Waals surface area (Å²) < 4.78 is 0. The lowest BCUT2D eigenvalue weighted by Crippen LogP contribution is -2.43. The van der Waals surface area contributed by atoms with E-state index >= 15 is 0 Å². The average Bonchev–Trinajstić information content (AvgIpc) is 2.85. The monoisotopic (exact) mass is 460 g/mol. The molecule has 184 valence electrons. The third-order valence-electron chi connectivity index (χ3n) is 7.37. The molecule has 1 N–H and O–H groups in total. The fourth-order valence-electron chi connectivity index (χ4n) is 5.00. The molecule has 0 bridgehead atoms. The fraction of sp³-hybridized carbons (Fsp3) is 0.567. The molecule has 2 saturated heterocycles. The molecule has 0 spiro atoms. The molecule has 0 amide bonds. The van der Waals surface area contributed by atoms with Crippen molar-refractivity contribution in [3.05, 3.63) is 64.2 Å². The Hall–Kier alpha value is -2.35. The molecule has 2 aliphatic rings. The second-order valence-electron chi connectivity index (χ2n) is 10.6. The maximum Gasteiger partial charge on any atom is 0.0994 e. The first-order valence-electron chi connectivity index (χ1n) is 13.1. The minimum atomic E-state index is 0.489. The summed E-state index contributed by atoms with van der Waals surface area (Å²) in [4.78, 5) is 4.85. The number of likely N-dealkylation sites (tertiary alicyclic amines) is 1. The highest BCUT2D eigenvalue weighted by Gasteiger charge is 2.21. The molecule has 34 heavy (non-hydrogen) atoms. The summed E-state index contributed by atoms with van der Waals surface area (Å²) in [5.41, 5.74) is 7.67. The number of benzene rings is 2. The third-order valence-corrected chi connectivity index (χ3v) is 7.37. The molecule has 4 heteroatoms. The summed E-state index contributed by atoms with van der Waals surface area (Å²) in [5, 5.41) is 12.7. The molecule has 0 aliphatic carbocycles. The minimum absolute atomic E-state index is 0.489. The number of anilines is 1. The molecule has 2 aromatic carbocycles. The Morgan fingerprint density at radius 3 is 2.03 bits per heavy atom. The van der Waals surface area contributed by atoms with Gasteiger partial charge in [0.05, 0.1) is 11.6 Å². The first kappa shape index (κ1) is 26.3. The topological polar surface area (TPSA) is 42.3 Å². The highest BCUT2D eigenvalue weighted by molar-refractivity contribution is 5.55. The predicted molar refractivity (Wildman–Crippen MR) is 145 cm³/mol. The number of aryl methyl sites for hydroxylation is 1. The molecule has 0 aromatic heterocycles. The van der Waals surface area contributed by atoms with E-state index in [-0.39, 0.29) is 0 Å². The van der Waals surface area contributed by atoms with Gasteiger partial charge in [-0.2, -0.15) is 5.26 Å². The fourth-order valence-corrected chi connectivity index (χ4v) is 5.00. The maximum atomic E-state index is 9.35. The van der Waals surface area contributed by atoms with Crippen LogP contribution in [0.3, 0.4) is 0 Å². The van der Waals surface area contributed by atoms with E-state index in [9.17, 15) is 5.26 Å². The average molecular weight is 461 g/mol. The van der Waals surface area contributed by atoms with Crippen LogP contribution in [0.25, 0.3) is 0 Å². The van der Waals surface area contributed by atoms with Crippen molar-refractivity contribution in [3.63, 3.8) is 0 Å². The molecule has 2 aliphatic heterocycles. The van der Waals surface area contributed by atoms with Crippen molar-refractivity contribution in [2.75, 3.05) is 51.2 Å². The molecule has 2 heterocycles. The number of nitrogens with one attached hydrogen (secondary N) is 1. The van der Waals surface area contributed by atoms with E-state index in [1.807, 2.05) is 0 Å². The van der Waals surface area contributed by atoms with E-state index in [1.165, 1.54) is 40.8 Å². The number of nitrogens with zero attached hydrogens (tertiary/aromatic N) is 3. The summed E-state index contributed by atoms with van der Waals surface area (Å²) in [7, 11) is 2.17. The van der Waals surface area contributed by atoms with Crippen LogP contribution in [0, 0.1) is 18.3 Å². The molecule has 0 radical (unpaired) electrons. The molecule has 2 fully saturated rings. The second-order valence-corrected chi connectivity index (χ2v) is 10.6. The van der Waals surface area contributed by atoms with Gasteiger partial charge in [0.1, 0.15) is 0 Å². The van der Waals surface area contributed by atoms with Crippen molar-refractivity contribution >= 4 is 5.69 Å². The smallest absolute Gasteiger partial charge is 0.0994 e. The molecule has 4 nitrogen and oxygen atoms in total. The Morgan fingerprint density at radius 1 is 0.882 bits per heavy atom. The van der Waals surface area contributed by atoms with Crippen molar-refractivity contribution in [3.8, 4) is 6.07 Å². The van der Waals surface area contributed by atoms with Crippen molar-refractivity contribution in [2.24, 2.45) is 0 Å². The van der Waals surface area contributed by atoms with Gasteiger partial charge >= 0.3 is 0 Å². The molecular weight excluding hydrogens is 416 g/mol. The van der Waals surface area contributed by atoms with Crippen LogP contribution in [0.15, 0.2) is 36.4 Å². The summed E-state index contributed by atoms with van der Waals surface area (Å²) >= 11 is 0. The largest absolute Gasteiger partial charge is 0.369 e. The highest BCUT2D eigenvalue weighted by Crippen LogP contribution is 2.31. The lowest BCUT2D eigenvalue weighted by Gasteiger charge is -2.31. The van der Waals surface area contributed by atoms with E-state index in [4.69, 9.17) is 0 Å². The minimum Gasteiger partial charge on any atom is -0.369 e. The van der Waals surface area contributed by atoms with Gasteiger partial charge in [-0.05, 0) is 92.0 Å². The van der Waals surface area contributed by atoms with Crippen LogP contribution in [-0.2, 0) is 0 Å². The van der Waals surface area contributed by atoms with Gasteiger partial charge in [0.15, 0.2) is 0 Å². The van der Waals surface area contributed by atoms with Crippen molar-refractivity contribution < 1.29 is 0 Å². The Labute approximate surface area is 208 Å². The van der Waals surface area contributed by atoms with Crippen molar-refractivity contribution in [2.45, 2.75) is 65.2 Å². The van der Waals surface area contributed by atoms with E-state index in [2.05, 4.69) is 99.3 Å². The molecule has 2 aromatic rings. The Morgan fingerprint density at radius 2 is 1.47 bits per heavy atom. The Balaban J connectivity index is 0.000000192. The number of piperazine rings is 1. The second kappa shape index (κ2) is 12.4. The van der Waals surface area contributed by atoms with E-state index < -0.39 is 0 Å². The van der Waals surface area contributed by atoms with Crippen LogP contribution in [0.2, 0.25) is 0 Å². The summed E-state index contributed by atoms with van der Waals surface area (Å²) in [6.07, 6.45) is 2.35. The van der Waals surface area contributed by atoms with Gasteiger partial charge in [-0.1, -0.05) is 52.0 Å². The van der Waals surface area contributed by atoms with Gasteiger partial charge in [0, 0.05) is 31.9 Å². The number of hydrogen-bond acceptors (Lipinski definition) is 4. The quantitative estimate of drug-likeness (QED) is 0.606. The van der Waals surface area contributed by atoms with Crippen LogP contribution in [0.1, 0.15) is 86.1 Å². The van der Waals surface area contributed by atoms with E-state index in [0.717, 1.165) is 44.8 Å². The van der Waals surface area contributed by atoms with Crippen LogP contribution < -0.4 is 10.2 Å². The van der Waals surface area contributed by atoms with E-state index in [1.54, 1.807) is 0 Å². The number of rotatable bonds is 4. The Kier molecular flexibility index (Phi) is 9.56. The van der Waals surface area contributed by atoms with E-state index in [0.29, 0.717) is 17.8 Å². The molecule has 0 atom stereocenters. The molecular formula is C30H44N4. The molecule has 4 rings (SSSR count). The van der Waals surface area contributed by atoms with Gasteiger partial charge < -0.3 is 15.1 Å². The van der Waals surface area contributed by atoms with Gasteiger partial charge in [0.2, 0.25) is 0 Å². The standard InChI is InChI=1S/C16H22N2.C14H22N2/c1-12(2)14-4-5-16(15(10-14)11-17)13-6-8-18(3)9-7-13;1-11(2)13-4-5-14(12(3)10-13)16-8-6-15-7-9-16/h4-5,10,12-13H,6-9H2,1-3H3;4-5,10-11,15H,6-9H2,1-3H3. The number of hydrogen-bond donors (Lipinski definition) is 1. The Bertz CT molecular complexity index is 958. The number of nitriles is 1. The van der Waals surface area contributed by atoms with Gasteiger partial charge in [0.25, 0.3) is 0 Å². The third kappa shape index (κ3) is 6.84. The predicted octanol–water partition coefficient (Wildman–Crippen LogP) is 6.02.